The number of ether oxygens (including phenoxy) is 1. The van der Waals surface area contributed by atoms with E-state index in [1.54, 1.807) is 22.9 Å². The SMILES string of the molecule is C=CC1=C(C=C)Oc2cn(C3CCCN(CCCCCN=C(N)N)CC3)c(=O)nc2N1. The number of hydrogen-bond donors (Lipinski definition) is 3. The number of nitrogens with two attached hydrogens (primary N) is 2. The minimum Gasteiger partial charge on any atom is -0.450 e. The third-order valence-electron chi connectivity index (χ3n) is 5.66. The third-order valence-corrected chi connectivity index (χ3v) is 5.66. The van der Waals surface area contributed by atoms with E-state index in [0.717, 1.165) is 58.2 Å². The third kappa shape index (κ3) is 5.97. The lowest BCUT2D eigenvalue weighted by Crippen LogP contribution is -2.30. The van der Waals surface area contributed by atoms with E-state index in [0.29, 0.717) is 29.6 Å². The molecule has 9 nitrogen and oxygen atoms in total. The van der Waals surface area contributed by atoms with Crippen LogP contribution in [0.1, 0.15) is 44.6 Å². The van der Waals surface area contributed by atoms with Crippen molar-refractivity contribution in [3.63, 3.8) is 0 Å². The maximum Gasteiger partial charge on any atom is 0.350 e. The van der Waals surface area contributed by atoms with E-state index in [2.05, 4.69) is 33.4 Å². The van der Waals surface area contributed by atoms with E-state index in [1.807, 2.05) is 0 Å². The quantitative estimate of drug-likeness (QED) is 0.313. The van der Waals surface area contributed by atoms with Gasteiger partial charge in [0.05, 0.1) is 11.9 Å². The maximum atomic E-state index is 12.7. The van der Waals surface area contributed by atoms with Gasteiger partial charge in [-0.3, -0.25) is 9.56 Å². The predicted octanol–water partition coefficient (Wildman–Crippen LogP) is 2.10. The Morgan fingerprint density at radius 3 is 2.84 bits per heavy atom. The number of unbranched alkanes of at least 4 members (excludes halogenated alkanes) is 2. The van der Waals surface area contributed by atoms with Gasteiger partial charge in [-0.05, 0) is 57.3 Å². The summed E-state index contributed by atoms with van der Waals surface area (Å²) in [4.78, 5) is 23.4. The molecule has 9 heteroatoms. The zero-order valence-electron chi connectivity index (χ0n) is 18.1. The average molecular weight is 428 g/mol. The number of aliphatic imine (C=N–C) groups is 1. The van der Waals surface area contributed by atoms with Gasteiger partial charge in [0.15, 0.2) is 23.3 Å². The molecule has 0 aliphatic carbocycles. The van der Waals surface area contributed by atoms with Crippen molar-refractivity contribution in [1.29, 1.82) is 0 Å². The molecule has 0 radical (unpaired) electrons. The second kappa shape index (κ2) is 10.8. The van der Waals surface area contributed by atoms with Crippen molar-refractivity contribution >= 4 is 11.8 Å². The van der Waals surface area contributed by atoms with E-state index in [-0.39, 0.29) is 17.7 Å². The summed E-state index contributed by atoms with van der Waals surface area (Å²) in [5.74, 6) is 1.67. The van der Waals surface area contributed by atoms with Crippen molar-refractivity contribution in [2.24, 2.45) is 16.5 Å². The summed E-state index contributed by atoms with van der Waals surface area (Å²) in [5.41, 5.74) is 11.1. The fourth-order valence-electron chi connectivity index (χ4n) is 4.02. The summed E-state index contributed by atoms with van der Waals surface area (Å²) < 4.78 is 7.61. The standard InChI is InChI=1S/C22H33N7O2/c1-3-17-18(4-2)31-19-15-29(22(30)27-20(19)26-17)16-9-8-13-28(14-10-16)12-7-5-6-11-25-21(23)24/h3-4,15-16H,1-2,5-14H2,(H4,23,24,25)(H,26,27,30). The predicted molar refractivity (Wildman–Crippen MR) is 124 cm³/mol. The fraction of sp³-hybridized carbons (Fsp3) is 0.500. The van der Waals surface area contributed by atoms with Crippen LogP contribution in [0.2, 0.25) is 0 Å². The molecule has 168 valence electrons. The lowest BCUT2D eigenvalue weighted by atomic mass is 10.1. The Bertz CT molecular complexity index is 915. The number of rotatable bonds is 9. The summed E-state index contributed by atoms with van der Waals surface area (Å²) in [5, 5.41) is 3.09. The van der Waals surface area contributed by atoms with Crippen molar-refractivity contribution in [3.8, 4) is 5.75 Å². The summed E-state index contributed by atoms with van der Waals surface area (Å²) in [6, 6.07) is 0.109. The van der Waals surface area contributed by atoms with Gasteiger partial charge in [-0.1, -0.05) is 19.6 Å². The number of nitrogens with one attached hydrogen (secondary N) is 1. The minimum atomic E-state index is -0.265. The highest BCUT2D eigenvalue weighted by Crippen LogP contribution is 2.32. The van der Waals surface area contributed by atoms with Gasteiger partial charge in [0.2, 0.25) is 0 Å². The summed E-state index contributed by atoms with van der Waals surface area (Å²) >= 11 is 0. The first-order valence-electron chi connectivity index (χ1n) is 10.9. The molecule has 0 bridgehead atoms. The van der Waals surface area contributed by atoms with Gasteiger partial charge in [-0.15, -0.1) is 0 Å². The van der Waals surface area contributed by atoms with Gasteiger partial charge in [0.1, 0.15) is 0 Å². The highest BCUT2D eigenvalue weighted by atomic mass is 16.5. The number of allylic oxidation sites excluding steroid dienone is 2. The molecule has 1 fully saturated rings. The summed E-state index contributed by atoms with van der Waals surface area (Å²) in [6.07, 6.45) is 11.1. The molecular formula is C22H33N7O2. The number of anilines is 1. The van der Waals surface area contributed by atoms with Gasteiger partial charge in [0, 0.05) is 19.1 Å². The molecule has 1 atom stereocenters. The Morgan fingerprint density at radius 2 is 2.10 bits per heavy atom. The van der Waals surface area contributed by atoms with Gasteiger partial charge >= 0.3 is 5.69 Å². The normalized spacial score (nSPS) is 18.9. The maximum absolute atomic E-state index is 12.7. The Kier molecular flexibility index (Phi) is 7.88. The second-order valence-electron chi connectivity index (χ2n) is 7.85. The van der Waals surface area contributed by atoms with Gasteiger partial charge in [-0.25, -0.2) is 4.79 Å². The zero-order valence-corrected chi connectivity index (χ0v) is 18.1. The molecule has 31 heavy (non-hydrogen) atoms. The number of hydrogen-bond acceptors (Lipinski definition) is 6. The molecule has 3 rings (SSSR count). The molecule has 0 saturated carbocycles. The van der Waals surface area contributed by atoms with E-state index in [1.165, 1.54) is 0 Å². The van der Waals surface area contributed by atoms with Crippen molar-refractivity contribution in [2.75, 3.05) is 31.5 Å². The lowest BCUT2D eigenvalue weighted by molar-refractivity contribution is 0.273. The highest BCUT2D eigenvalue weighted by Gasteiger charge is 2.24. The molecule has 0 amide bonds. The van der Waals surface area contributed by atoms with Crippen LogP contribution in [0.4, 0.5) is 5.82 Å². The zero-order chi connectivity index (χ0) is 22.2. The lowest BCUT2D eigenvalue weighted by Gasteiger charge is -2.24. The first-order chi connectivity index (χ1) is 15.0. The summed E-state index contributed by atoms with van der Waals surface area (Å²) in [7, 11) is 0. The Balaban J connectivity index is 1.58. The number of likely N-dealkylation sites (tertiary alicyclic amines) is 1. The molecule has 1 unspecified atom stereocenters. The molecule has 2 aliphatic heterocycles. The molecule has 1 aromatic rings. The van der Waals surface area contributed by atoms with Crippen LogP contribution in [0.5, 0.6) is 5.75 Å². The average Bonchev–Trinajstić information content (AvgIpc) is 3.00. The van der Waals surface area contributed by atoms with E-state index in [9.17, 15) is 4.79 Å². The number of nitrogens with zero attached hydrogens (tertiary/aromatic N) is 4. The first-order valence-corrected chi connectivity index (χ1v) is 10.9. The van der Waals surface area contributed by atoms with Gasteiger partial charge < -0.3 is 26.4 Å². The fourth-order valence-corrected chi connectivity index (χ4v) is 4.02. The minimum absolute atomic E-state index is 0.109. The molecule has 5 N–H and O–H groups in total. The summed E-state index contributed by atoms with van der Waals surface area (Å²) in [6.45, 7) is 11.3. The molecule has 0 aromatic carbocycles. The monoisotopic (exact) mass is 427 g/mol. The van der Waals surface area contributed by atoms with Gasteiger partial charge in [0.25, 0.3) is 0 Å². The van der Waals surface area contributed by atoms with Crippen molar-refractivity contribution < 1.29 is 4.74 Å². The molecule has 1 aromatic heterocycles. The Morgan fingerprint density at radius 1 is 1.26 bits per heavy atom. The first kappa shape index (κ1) is 22.6. The van der Waals surface area contributed by atoms with Crippen LogP contribution in [-0.2, 0) is 0 Å². The van der Waals surface area contributed by atoms with Crippen LogP contribution in [-0.4, -0.2) is 46.6 Å². The highest BCUT2D eigenvalue weighted by molar-refractivity contribution is 5.75. The smallest absolute Gasteiger partial charge is 0.350 e. The molecule has 3 heterocycles. The van der Waals surface area contributed by atoms with Crippen LogP contribution < -0.4 is 27.2 Å². The second-order valence-corrected chi connectivity index (χ2v) is 7.85. The van der Waals surface area contributed by atoms with E-state index >= 15 is 0 Å². The van der Waals surface area contributed by atoms with Crippen molar-refractivity contribution in [2.45, 2.75) is 44.6 Å². The Labute approximate surface area is 183 Å². The number of guanidine groups is 1. The van der Waals surface area contributed by atoms with E-state index in [4.69, 9.17) is 16.2 Å². The number of fused-ring (bicyclic) bond motifs is 1. The van der Waals surface area contributed by atoms with E-state index < -0.39 is 0 Å². The van der Waals surface area contributed by atoms with Crippen LogP contribution in [0.25, 0.3) is 0 Å². The van der Waals surface area contributed by atoms with Crippen LogP contribution >= 0.6 is 0 Å². The largest absolute Gasteiger partial charge is 0.450 e. The Hall–Kier alpha value is -3.07. The van der Waals surface area contributed by atoms with Crippen molar-refractivity contribution in [3.05, 3.63) is 53.4 Å². The molecule has 1 saturated heterocycles. The van der Waals surface area contributed by atoms with Crippen LogP contribution in [0.3, 0.4) is 0 Å². The topological polar surface area (TPSA) is 124 Å². The van der Waals surface area contributed by atoms with Gasteiger partial charge in [-0.2, -0.15) is 4.98 Å². The molecular weight excluding hydrogens is 394 g/mol. The molecule has 0 spiro atoms. The number of aromatic nitrogens is 2. The van der Waals surface area contributed by atoms with Crippen molar-refractivity contribution in [1.82, 2.24) is 14.5 Å². The molecule has 2 aliphatic rings. The van der Waals surface area contributed by atoms with Crippen LogP contribution in [0, 0.1) is 0 Å². The van der Waals surface area contributed by atoms with Crippen LogP contribution in [0.15, 0.2) is 52.7 Å².